The molecular weight excluding hydrogens is 299 g/mol. The van der Waals surface area contributed by atoms with Gasteiger partial charge in [-0.3, -0.25) is 10.1 Å². The molecule has 0 saturated carbocycles. The Labute approximate surface area is 125 Å². The molecule has 6 nitrogen and oxygen atoms in total. The van der Waals surface area contributed by atoms with E-state index in [0.717, 1.165) is 24.3 Å². The van der Waals surface area contributed by atoms with Gasteiger partial charge in [0.25, 0.3) is 5.69 Å². The number of nitro benzene ring substituents is 1. The number of nitrogens with zero attached hydrogens (tertiary/aromatic N) is 2. The van der Waals surface area contributed by atoms with Gasteiger partial charge in [0.2, 0.25) is 0 Å². The van der Waals surface area contributed by atoms with Crippen LogP contribution in [0.25, 0.3) is 0 Å². The third-order valence-electron chi connectivity index (χ3n) is 3.43. The Hall–Kier alpha value is -1.83. The molecule has 0 amide bonds. The van der Waals surface area contributed by atoms with Gasteiger partial charge in [0.1, 0.15) is 17.1 Å². The van der Waals surface area contributed by atoms with E-state index in [1.807, 2.05) is 6.92 Å². The summed E-state index contributed by atoms with van der Waals surface area (Å²) in [5, 5.41) is 20.4. The molecule has 1 fully saturated rings. The lowest BCUT2D eigenvalue weighted by Gasteiger charge is -2.33. The number of hydrogen-bond acceptors (Lipinski definition) is 5. The van der Waals surface area contributed by atoms with Gasteiger partial charge < -0.3 is 10.0 Å². The highest BCUT2D eigenvalue weighted by atomic mass is 32.2. The predicted molar refractivity (Wildman–Crippen MR) is 78.8 cm³/mol. The van der Waals surface area contributed by atoms with Crippen LogP contribution in [-0.4, -0.2) is 40.1 Å². The Kier molecular flexibility index (Phi) is 4.66. The van der Waals surface area contributed by atoms with Crippen LogP contribution in [0.2, 0.25) is 0 Å². The van der Waals surface area contributed by atoms with Crippen molar-refractivity contribution in [2.24, 2.45) is 0 Å². The molecule has 0 bridgehead atoms. The minimum atomic E-state index is -1.51. The van der Waals surface area contributed by atoms with Gasteiger partial charge in [-0.1, -0.05) is 6.92 Å². The van der Waals surface area contributed by atoms with Crippen molar-refractivity contribution < 1.29 is 19.2 Å². The van der Waals surface area contributed by atoms with Gasteiger partial charge in [0.05, 0.1) is 4.92 Å². The van der Waals surface area contributed by atoms with Gasteiger partial charge in [-0.05, 0) is 6.42 Å². The van der Waals surface area contributed by atoms with Crippen LogP contribution in [0.4, 0.5) is 15.8 Å². The number of anilines is 1. The van der Waals surface area contributed by atoms with Crippen molar-refractivity contribution in [1.29, 1.82) is 0 Å². The molecule has 1 aliphatic heterocycles. The Morgan fingerprint density at radius 3 is 2.90 bits per heavy atom. The molecular formula is C13H15FN2O4S. The van der Waals surface area contributed by atoms with E-state index in [9.17, 15) is 19.3 Å². The van der Waals surface area contributed by atoms with Crippen molar-refractivity contribution in [2.45, 2.75) is 18.6 Å². The van der Waals surface area contributed by atoms with Gasteiger partial charge in [0.15, 0.2) is 0 Å². The number of hydrogen-bond donors (Lipinski definition) is 1. The van der Waals surface area contributed by atoms with Gasteiger partial charge in [-0.2, -0.15) is 11.8 Å². The lowest BCUT2D eigenvalue weighted by molar-refractivity contribution is -0.384. The number of carbonyl (C=O) groups is 1. The topological polar surface area (TPSA) is 83.7 Å². The summed E-state index contributed by atoms with van der Waals surface area (Å²) in [5.74, 6) is -1.66. The van der Waals surface area contributed by atoms with Gasteiger partial charge in [-0.25, -0.2) is 9.18 Å². The highest BCUT2D eigenvalue weighted by molar-refractivity contribution is 8.00. The first-order valence-electron chi connectivity index (χ1n) is 6.51. The molecule has 1 atom stereocenters. The summed E-state index contributed by atoms with van der Waals surface area (Å²) in [6.07, 6.45) is 0.921. The van der Waals surface area contributed by atoms with E-state index in [1.54, 1.807) is 16.7 Å². The zero-order chi connectivity index (χ0) is 15.6. The van der Waals surface area contributed by atoms with Crippen LogP contribution < -0.4 is 4.90 Å². The molecule has 8 heteroatoms. The molecule has 1 aromatic rings. The summed E-state index contributed by atoms with van der Waals surface area (Å²) in [7, 11) is 0. The second kappa shape index (κ2) is 6.30. The molecule has 1 aliphatic rings. The van der Waals surface area contributed by atoms with Crippen molar-refractivity contribution >= 4 is 29.1 Å². The lowest BCUT2D eigenvalue weighted by atomic mass is 10.1. The van der Waals surface area contributed by atoms with Gasteiger partial charge >= 0.3 is 5.97 Å². The van der Waals surface area contributed by atoms with Gasteiger partial charge in [0, 0.05) is 36.2 Å². The molecule has 0 aliphatic carbocycles. The van der Waals surface area contributed by atoms with Crippen LogP contribution >= 0.6 is 11.8 Å². The van der Waals surface area contributed by atoms with Crippen LogP contribution in [0, 0.1) is 15.9 Å². The van der Waals surface area contributed by atoms with E-state index in [0.29, 0.717) is 18.3 Å². The zero-order valence-electron chi connectivity index (χ0n) is 11.4. The first-order chi connectivity index (χ1) is 9.93. The lowest BCUT2D eigenvalue weighted by Crippen LogP contribution is -2.38. The van der Waals surface area contributed by atoms with E-state index >= 15 is 0 Å². The fourth-order valence-corrected chi connectivity index (χ4v) is 3.48. The van der Waals surface area contributed by atoms with E-state index in [1.165, 1.54) is 0 Å². The summed E-state index contributed by atoms with van der Waals surface area (Å²) in [4.78, 5) is 23.2. The SMILES string of the molecule is CCC1CN(c2cc(F)c(C(=O)O)cc2[N+](=O)[O-])CCS1. The number of thioether (sulfide) groups is 1. The third kappa shape index (κ3) is 3.26. The Morgan fingerprint density at radius 2 is 2.33 bits per heavy atom. The normalized spacial score (nSPS) is 18.6. The maximum absolute atomic E-state index is 13.8. The molecule has 114 valence electrons. The Morgan fingerprint density at radius 1 is 1.62 bits per heavy atom. The monoisotopic (exact) mass is 314 g/mol. The molecule has 0 aromatic heterocycles. The number of carboxylic acids is 1. The van der Waals surface area contributed by atoms with E-state index < -0.39 is 22.3 Å². The maximum Gasteiger partial charge on any atom is 0.338 e. The Bertz CT molecular complexity index is 582. The highest BCUT2D eigenvalue weighted by Gasteiger charge is 2.28. The average Bonchev–Trinajstić information content (AvgIpc) is 2.46. The molecule has 0 spiro atoms. The van der Waals surface area contributed by atoms with Crippen molar-refractivity contribution in [3.05, 3.63) is 33.6 Å². The zero-order valence-corrected chi connectivity index (χ0v) is 12.2. The largest absolute Gasteiger partial charge is 0.478 e. The van der Waals surface area contributed by atoms with Crippen LogP contribution in [0.3, 0.4) is 0 Å². The molecule has 1 saturated heterocycles. The van der Waals surface area contributed by atoms with Crippen LogP contribution in [0.15, 0.2) is 12.1 Å². The molecule has 21 heavy (non-hydrogen) atoms. The van der Waals surface area contributed by atoms with Crippen LogP contribution in [-0.2, 0) is 0 Å². The molecule has 1 N–H and O–H groups in total. The first kappa shape index (κ1) is 15.6. The second-order valence-electron chi connectivity index (χ2n) is 4.73. The minimum absolute atomic E-state index is 0.154. The van der Waals surface area contributed by atoms with Crippen molar-refractivity contribution in [3.63, 3.8) is 0 Å². The van der Waals surface area contributed by atoms with Crippen molar-refractivity contribution in [2.75, 3.05) is 23.7 Å². The van der Waals surface area contributed by atoms with Crippen molar-refractivity contribution in [1.82, 2.24) is 0 Å². The third-order valence-corrected chi connectivity index (χ3v) is 4.80. The van der Waals surface area contributed by atoms with Gasteiger partial charge in [-0.15, -0.1) is 0 Å². The predicted octanol–water partition coefficient (Wildman–Crippen LogP) is 2.76. The number of halogens is 1. The van der Waals surface area contributed by atoms with E-state index in [2.05, 4.69) is 0 Å². The molecule has 1 heterocycles. The fraction of sp³-hybridized carbons (Fsp3) is 0.462. The molecule has 0 radical (unpaired) electrons. The van der Waals surface area contributed by atoms with Crippen LogP contribution in [0.5, 0.6) is 0 Å². The summed E-state index contributed by atoms with van der Waals surface area (Å²) in [6, 6.07) is 1.76. The van der Waals surface area contributed by atoms with Crippen LogP contribution in [0.1, 0.15) is 23.7 Å². The fourth-order valence-electron chi connectivity index (χ4n) is 2.30. The summed E-state index contributed by atoms with van der Waals surface area (Å²) < 4.78 is 13.8. The van der Waals surface area contributed by atoms with E-state index in [4.69, 9.17) is 5.11 Å². The smallest absolute Gasteiger partial charge is 0.338 e. The first-order valence-corrected chi connectivity index (χ1v) is 7.56. The highest BCUT2D eigenvalue weighted by Crippen LogP contribution is 2.34. The van der Waals surface area contributed by atoms with Crippen molar-refractivity contribution in [3.8, 4) is 0 Å². The Balaban J connectivity index is 2.44. The second-order valence-corrected chi connectivity index (χ2v) is 6.14. The summed E-state index contributed by atoms with van der Waals surface area (Å²) in [6.45, 7) is 3.20. The number of carboxylic acid groups (broad SMARTS) is 1. The molecule has 1 aromatic carbocycles. The molecule has 2 rings (SSSR count). The number of rotatable bonds is 4. The minimum Gasteiger partial charge on any atom is -0.478 e. The van der Waals surface area contributed by atoms with E-state index in [-0.39, 0.29) is 11.4 Å². The summed E-state index contributed by atoms with van der Waals surface area (Å²) in [5.41, 5.74) is -0.888. The number of nitro groups is 1. The number of aromatic carboxylic acids is 1. The summed E-state index contributed by atoms with van der Waals surface area (Å²) >= 11 is 1.79. The number of benzene rings is 1. The molecule has 1 unspecified atom stereocenters. The maximum atomic E-state index is 13.8. The standard InChI is InChI=1S/C13H15FN2O4S/c1-2-8-7-15(3-4-21-8)11-6-10(14)9(13(17)18)5-12(11)16(19)20/h5-6,8H,2-4,7H2,1H3,(H,17,18). The average molecular weight is 314 g/mol. The quantitative estimate of drug-likeness (QED) is 0.679.